The summed E-state index contributed by atoms with van der Waals surface area (Å²) in [7, 11) is 0. The van der Waals surface area contributed by atoms with Crippen LogP contribution in [-0.4, -0.2) is 15.8 Å². The Bertz CT molecular complexity index is 898. The molecule has 0 bridgehead atoms. The van der Waals surface area contributed by atoms with Gasteiger partial charge in [-0.2, -0.15) is 0 Å². The second-order valence-electron chi connectivity index (χ2n) is 5.73. The lowest BCUT2D eigenvalue weighted by molar-refractivity contribution is 0.0728. The number of amides is 1. The third kappa shape index (κ3) is 4.24. The van der Waals surface area contributed by atoms with Gasteiger partial charge in [0.15, 0.2) is 0 Å². The lowest BCUT2D eigenvalue weighted by atomic mass is 10.1. The normalized spacial score (nSPS) is 10.6. The number of hydrogen-bond donors (Lipinski definition) is 0. The predicted molar refractivity (Wildman–Crippen MR) is 95.6 cm³/mol. The predicted octanol–water partition coefficient (Wildman–Crippen LogP) is 4.86. The second kappa shape index (κ2) is 8.06. The third-order valence-electron chi connectivity index (χ3n) is 3.87. The Morgan fingerprint density at radius 3 is 2.54 bits per heavy atom. The summed E-state index contributed by atoms with van der Waals surface area (Å²) in [5.41, 5.74) is 1.16. The molecular weight excluding hydrogens is 358 g/mol. The van der Waals surface area contributed by atoms with Gasteiger partial charge in [0.25, 0.3) is 5.91 Å². The van der Waals surface area contributed by atoms with Gasteiger partial charge < -0.3 is 4.90 Å². The van der Waals surface area contributed by atoms with Crippen molar-refractivity contribution < 1.29 is 13.6 Å². The van der Waals surface area contributed by atoms with Crippen molar-refractivity contribution in [1.29, 1.82) is 0 Å². The third-order valence-corrected chi connectivity index (χ3v) is 4.22. The molecule has 26 heavy (non-hydrogen) atoms. The molecule has 0 unspecified atom stereocenters. The molecule has 0 atom stereocenters. The molecule has 3 rings (SSSR count). The highest BCUT2D eigenvalue weighted by atomic mass is 35.5. The van der Waals surface area contributed by atoms with Gasteiger partial charge in [-0.15, -0.1) is 0 Å². The van der Waals surface area contributed by atoms with Crippen LogP contribution in [0, 0.1) is 11.6 Å². The summed E-state index contributed by atoms with van der Waals surface area (Å²) in [6, 6.07) is 13.3. The maximum Gasteiger partial charge on any atom is 0.254 e. The first-order valence-electron chi connectivity index (χ1n) is 7.91. The molecule has 1 amide bonds. The largest absolute Gasteiger partial charge is 0.330 e. The summed E-state index contributed by atoms with van der Waals surface area (Å²) < 4.78 is 27.7. The topological polar surface area (TPSA) is 33.2 Å². The zero-order valence-corrected chi connectivity index (χ0v) is 14.5. The van der Waals surface area contributed by atoms with Crippen molar-refractivity contribution in [3.8, 4) is 0 Å². The molecule has 0 aliphatic carbocycles. The molecule has 6 heteroatoms. The van der Waals surface area contributed by atoms with Crippen LogP contribution in [0.3, 0.4) is 0 Å². The van der Waals surface area contributed by atoms with Gasteiger partial charge in [0.2, 0.25) is 0 Å². The van der Waals surface area contributed by atoms with E-state index in [1.165, 1.54) is 35.2 Å². The zero-order chi connectivity index (χ0) is 18.5. The maximum atomic E-state index is 14.2. The molecule has 0 N–H and O–H groups in total. The van der Waals surface area contributed by atoms with Gasteiger partial charge in [-0.1, -0.05) is 29.8 Å². The number of rotatable bonds is 5. The van der Waals surface area contributed by atoms with Crippen LogP contribution in [0.4, 0.5) is 8.78 Å². The molecule has 1 aromatic heterocycles. The molecule has 0 radical (unpaired) electrons. The van der Waals surface area contributed by atoms with Crippen LogP contribution in [-0.2, 0) is 13.1 Å². The molecule has 132 valence electrons. The number of aromatic nitrogens is 1. The first-order valence-corrected chi connectivity index (χ1v) is 8.29. The number of nitrogens with zero attached hydrogens (tertiary/aromatic N) is 2. The van der Waals surface area contributed by atoms with Crippen molar-refractivity contribution in [2.75, 3.05) is 0 Å². The molecule has 0 aliphatic heterocycles. The van der Waals surface area contributed by atoms with Crippen LogP contribution in [0.15, 0.2) is 67.0 Å². The molecule has 0 spiro atoms. The number of halogens is 3. The van der Waals surface area contributed by atoms with E-state index in [1.807, 2.05) is 6.07 Å². The van der Waals surface area contributed by atoms with E-state index in [1.54, 1.807) is 24.5 Å². The van der Waals surface area contributed by atoms with Crippen molar-refractivity contribution in [3.63, 3.8) is 0 Å². The van der Waals surface area contributed by atoms with Crippen LogP contribution in [0.5, 0.6) is 0 Å². The van der Waals surface area contributed by atoms with Crippen LogP contribution < -0.4 is 0 Å². The average Bonchev–Trinajstić information content (AvgIpc) is 2.64. The van der Waals surface area contributed by atoms with E-state index in [0.29, 0.717) is 0 Å². The van der Waals surface area contributed by atoms with Crippen LogP contribution in [0.2, 0.25) is 5.02 Å². The summed E-state index contributed by atoms with van der Waals surface area (Å²) >= 11 is 6.10. The maximum absolute atomic E-state index is 14.2. The SMILES string of the molecule is O=C(c1cccc(F)c1)N(Cc1cccnc1)Cc1c(F)cccc1Cl. The standard InChI is InChI=1S/C20H15ClF2N2O/c21-18-7-2-8-19(23)17(18)13-25(12-14-4-3-9-24-11-14)20(26)15-5-1-6-16(22)10-15/h1-11H,12-13H2. The first kappa shape index (κ1) is 18.0. The molecule has 0 fully saturated rings. The number of carbonyl (C=O) groups excluding carboxylic acids is 1. The van der Waals surface area contributed by atoms with Gasteiger partial charge in [0.1, 0.15) is 11.6 Å². The number of carbonyl (C=O) groups is 1. The molecule has 3 aromatic rings. The molecule has 2 aromatic carbocycles. The molecule has 3 nitrogen and oxygen atoms in total. The minimum absolute atomic E-state index is 0.0459. The molecular formula is C20H15ClF2N2O. The minimum atomic E-state index is -0.513. The Hall–Kier alpha value is -2.79. The van der Waals surface area contributed by atoms with Crippen molar-refractivity contribution in [2.45, 2.75) is 13.1 Å². The van der Waals surface area contributed by atoms with Crippen molar-refractivity contribution in [2.24, 2.45) is 0 Å². The lowest BCUT2D eigenvalue weighted by Crippen LogP contribution is -2.30. The fourth-order valence-electron chi connectivity index (χ4n) is 2.59. The zero-order valence-electron chi connectivity index (χ0n) is 13.7. The Balaban J connectivity index is 1.95. The summed E-state index contributed by atoms with van der Waals surface area (Å²) in [5.74, 6) is -1.44. The summed E-state index contributed by atoms with van der Waals surface area (Å²) in [5, 5.41) is 0.230. The monoisotopic (exact) mass is 372 g/mol. The van der Waals surface area contributed by atoms with Gasteiger partial charge in [-0.25, -0.2) is 8.78 Å². The average molecular weight is 373 g/mol. The van der Waals surface area contributed by atoms with E-state index >= 15 is 0 Å². The number of hydrogen-bond acceptors (Lipinski definition) is 2. The quantitative estimate of drug-likeness (QED) is 0.641. The fraction of sp³-hybridized carbons (Fsp3) is 0.100. The summed E-state index contributed by atoms with van der Waals surface area (Å²) in [4.78, 5) is 18.3. The van der Waals surface area contributed by atoms with E-state index < -0.39 is 17.5 Å². The Morgan fingerprint density at radius 1 is 1.04 bits per heavy atom. The van der Waals surface area contributed by atoms with Gasteiger partial charge in [-0.05, 0) is 42.0 Å². The minimum Gasteiger partial charge on any atom is -0.330 e. The van der Waals surface area contributed by atoms with E-state index in [9.17, 15) is 13.6 Å². The first-order chi connectivity index (χ1) is 12.5. The summed E-state index contributed by atoms with van der Waals surface area (Å²) in [6.45, 7) is 0.142. The highest BCUT2D eigenvalue weighted by molar-refractivity contribution is 6.31. The molecule has 0 saturated heterocycles. The lowest BCUT2D eigenvalue weighted by Gasteiger charge is -2.24. The Kier molecular flexibility index (Phi) is 5.58. The van der Waals surface area contributed by atoms with Gasteiger partial charge in [0.05, 0.1) is 6.54 Å². The Morgan fingerprint density at radius 2 is 1.85 bits per heavy atom. The van der Waals surface area contributed by atoms with E-state index in [-0.39, 0.29) is 29.2 Å². The van der Waals surface area contributed by atoms with Crippen molar-refractivity contribution in [3.05, 3.63) is 100 Å². The van der Waals surface area contributed by atoms with Gasteiger partial charge >= 0.3 is 0 Å². The molecule has 0 aliphatic rings. The number of pyridine rings is 1. The summed E-state index contributed by atoms with van der Waals surface area (Å²) in [6.07, 6.45) is 3.24. The van der Waals surface area contributed by atoms with Crippen molar-refractivity contribution >= 4 is 17.5 Å². The molecule has 0 saturated carbocycles. The van der Waals surface area contributed by atoms with Crippen LogP contribution >= 0.6 is 11.6 Å². The van der Waals surface area contributed by atoms with Gasteiger partial charge in [0, 0.05) is 35.1 Å². The van der Waals surface area contributed by atoms with Crippen molar-refractivity contribution in [1.82, 2.24) is 9.88 Å². The highest BCUT2D eigenvalue weighted by Crippen LogP contribution is 2.23. The smallest absolute Gasteiger partial charge is 0.254 e. The van der Waals surface area contributed by atoms with E-state index in [0.717, 1.165) is 11.6 Å². The highest BCUT2D eigenvalue weighted by Gasteiger charge is 2.20. The second-order valence-corrected chi connectivity index (χ2v) is 6.14. The van der Waals surface area contributed by atoms with Crippen LogP contribution in [0.25, 0.3) is 0 Å². The van der Waals surface area contributed by atoms with E-state index in [2.05, 4.69) is 4.98 Å². The van der Waals surface area contributed by atoms with E-state index in [4.69, 9.17) is 11.6 Å². The Labute approximate surface area is 154 Å². The number of benzene rings is 2. The van der Waals surface area contributed by atoms with Gasteiger partial charge in [-0.3, -0.25) is 9.78 Å². The fourth-order valence-corrected chi connectivity index (χ4v) is 2.81. The molecule has 1 heterocycles. The van der Waals surface area contributed by atoms with Crippen LogP contribution in [0.1, 0.15) is 21.5 Å².